The Labute approximate surface area is 207 Å². The summed E-state index contributed by atoms with van der Waals surface area (Å²) in [6.45, 7) is 17.4. The number of carbonyl (C=O) groups is 1. The number of hydrogen-bond acceptors (Lipinski definition) is 4. The van der Waals surface area contributed by atoms with Crippen molar-refractivity contribution >= 4 is 5.97 Å². The van der Waals surface area contributed by atoms with Crippen LogP contribution >= 0.6 is 0 Å². The maximum Gasteiger partial charge on any atom is 0.303 e. The third kappa shape index (κ3) is 4.21. The predicted octanol–water partition coefficient (Wildman–Crippen LogP) is 6.07. The molecule has 3 fully saturated rings. The van der Waals surface area contributed by atoms with Crippen LogP contribution in [-0.4, -0.2) is 34.5 Å². The Balaban J connectivity index is 1.63. The molecule has 0 aromatic carbocycles. The minimum Gasteiger partial charge on any atom is -0.458 e. The fourth-order valence-corrected chi connectivity index (χ4v) is 8.85. The van der Waals surface area contributed by atoms with E-state index in [9.17, 15) is 15.0 Å². The van der Waals surface area contributed by atoms with Crippen molar-refractivity contribution < 1.29 is 19.7 Å². The Kier molecular flexibility index (Phi) is 7.17. The lowest BCUT2D eigenvalue weighted by molar-refractivity contribution is -0.165. The highest BCUT2D eigenvalue weighted by molar-refractivity contribution is 5.66. The molecule has 34 heavy (non-hydrogen) atoms. The normalized spacial score (nSPS) is 44.5. The van der Waals surface area contributed by atoms with Gasteiger partial charge >= 0.3 is 5.97 Å². The Morgan fingerprint density at radius 3 is 2.53 bits per heavy atom. The number of ether oxygens (including phenoxy) is 1. The Morgan fingerprint density at radius 2 is 1.88 bits per heavy atom. The van der Waals surface area contributed by atoms with Crippen LogP contribution in [0.15, 0.2) is 23.8 Å². The second kappa shape index (κ2) is 9.39. The molecule has 0 aromatic rings. The van der Waals surface area contributed by atoms with E-state index in [1.807, 2.05) is 0 Å². The third-order valence-corrected chi connectivity index (χ3v) is 11.0. The van der Waals surface area contributed by atoms with Crippen molar-refractivity contribution in [2.45, 2.75) is 111 Å². The smallest absolute Gasteiger partial charge is 0.303 e. The van der Waals surface area contributed by atoms with E-state index in [0.717, 1.165) is 18.4 Å². The van der Waals surface area contributed by atoms with Gasteiger partial charge < -0.3 is 14.9 Å². The Morgan fingerprint density at radius 1 is 1.18 bits per heavy atom. The van der Waals surface area contributed by atoms with Gasteiger partial charge in [0.1, 0.15) is 6.10 Å². The molecule has 2 N–H and O–H groups in total. The average molecular weight is 473 g/mol. The molecular weight excluding hydrogens is 424 g/mol. The number of aliphatic hydroxyl groups excluding tert-OH is 2. The van der Waals surface area contributed by atoms with Crippen molar-refractivity contribution in [1.82, 2.24) is 0 Å². The zero-order valence-electron chi connectivity index (χ0n) is 22.3. The molecule has 192 valence electrons. The topological polar surface area (TPSA) is 66.8 Å². The SMILES string of the molecule is C=C(CC[C@@H](C)[C@H]1CC[C@H]2[C@@H]3[C@@H](OC(C)=O)C=C4C[C@@H](O)C[C@H](O)[C@]4(C)[C@H]3CC[C@]12C)C(C)C. The Bertz CT molecular complexity index is 830. The van der Waals surface area contributed by atoms with Crippen LogP contribution in [0.5, 0.6) is 0 Å². The highest BCUT2D eigenvalue weighted by Crippen LogP contribution is 2.67. The summed E-state index contributed by atoms with van der Waals surface area (Å²) in [6, 6.07) is 0. The molecule has 0 saturated heterocycles. The van der Waals surface area contributed by atoms with Crippen LogP contribution in [-0.2, 0) is 9.53 Å². The maximum atomic E-state index is 12.1. The first kappa shape index (κ1) is 25.9. The number of fused-ring (bicyclic) bond motifs is 5. The van der Waals surface area contributed by atoms with Crippen molar-refractivity contribution in [3.63, 3.8) is 0 Å². The summed E-state index contributed by atoms with van der Waals surface area (Å²) in [4.78, 5) is 12.1. The number of esters is 1. The molecule has 4 rings (SSSR count). The van der Waals surface area contributed by atoms with Crippen molar-refractivity contribution in [1.29, 1.82) is 0 Å². The molecule has 0 bridgehead atoms. The van der Waals surface area contributed by atoms with Crippen molar-refractivity contribution in [3.8, 4) is 0 Å². The van der Waals surface area contributed by atoms with Crippen molar-refractivity contribution in [2.24, 2.45) is 46.3 Å². The monoisotopic (exact) mass is 472 g/mol. The molecule has 4 aliphatic rings. The van der Waals surface area contributed by atoms with Gasteiger partial charge in [0.15, 0.2) is 0 Å². The zero-order valence-corrected chi connectivity index (χ0v) is 22.3. The van der Waals surface area contributed by atoms with Crippen LogP contribution in [0.25, 0.3) is 0 Å². The number of carbonyl (C=O) groups excluding carboxylic acids is 1. The van der Waals surface area contributed by atoms with Gasteiger partial charge in [-0.25, -0.2) is 0 Å². The first-order valence-electron chi connectivity index (χ1n) is 13.8. The molecule has 4 heteroatoms. The van der Waals surface area contributed by atoms with Crippen LogP contribution in [0.3, 0.4) is 0 Å². The average Bonchev–Trinajstić information content (AvgIpc) is 3.10. The van der Waals surface area contributed by atoms with Gasteiger partial charge in [0.25, 0.3) is 0 Å². The summed E-state index contributed by atoms with van der Waals surface area (Å²) < 4.78 is 5.99. The van der Waals surface area contributed by atoms with Crippen LogP contribution < -0.4 is 0 Å². The molecule has 0 amide bonds. The number of rotatable bonds is 6. The molecule has 0 aliphatic heterocycles. The van der Waals surface area contributed by atoms with Gasteiger partial charge in [0.05, 0.1) is 12.2 Å². The number of hydrogen-bond donors (Lipinski definition) is 2. The molecule has 0 aromatic heterocycles. The van der Waals surface area contributed by atoms with E-state index < -0.39 is 12.2 Å². The van der Waals surface area contributed by atoms with Crippen molar-refractivity contribution in [2.75, 3.05) is 0 Å². The quantitative estimate of drug-likeness (QED) is 0.364. The van der Waals surface area contributed by atoms with Crippen LogP contribution in [0.4, 0.5) is 0 Å². The van der Waals surface area contributed by atoms with Crippen molar-refractivity contribution in [3.05, 3.63) is 23.8 Å². The van der Waals surface area contributed by atoms with E-state index >= 15 is 0 Å². The highest BCUT2D eigenvalue weighted by atomic mass is 16.5. The van der Waals surface area contributed by atoms with Gasteiger partial charge in [-0.3, -0.25) is 4.79 Å². The second-order valence-electron chi connectivity index (χ2n) is 13.0. The summed E-state index contributed by atoms with van der Waals surface area (Å²) in [5.41, 5.74) is 2.36. The number of allylic oxidation sites excluding steroid dienone is 1. The van der Waals surface area contributed by atoms with Gasteiger partial charge in [-0.2, -0.15) is 0 Å². The lowest BCUT2D eigenvalue weighted by Gasteiger charge is -2.60. The van der Waals surface area contributed by atoms with Crippen LogP contribution in [0.1, 0.15) is 92.9 Å². The summed E-state index contributed by atoms with van der Waals surface area (Å²) in [7, 11) is 0. The van der Waals surface area contributed by atoms with Gasteiger partial charge in [0.2, 0.25) is 0 Å². The molecule has 4 nitrogen and oxygen atoms in total. The molecule has 4 aliphatic carbocycles. The molecule has 0 radical (unpaired) electrons. The zero-order chi connectivity index (χ0) is 25.0. The highest BCUT2D eigenvalue weighted by Gasteiger charge is 2.63. The number of aliphatic hydroxyl groups is 2. The molecular formula is C30H48O4. The van der Waals surface area contributed by atoms with E-state index in [2.05, 4.69) is 47.3 Å². The van der Waals surface area contributed by atoms with E-state index in [-0.39, 0.29) is 34.7 Å². The second-order valence-corrected chi connectivity index (χ2v) is 13.0. The molecule has 0 unspecified atom stereocenters. The lowest BCUT2D eigenvalue weighted by atomic mass is 9.45. The molecule has 10 atom stereocenters. The molecule has 3 saturated carbocycles. The molecule has 0 spiro atoms. The first-order chi connectivity index (χ1) is 15.9. The minimum absolute atomic E-state index is 0.233. The summed E-state index contributed by atoms with van der Waals surface area (Å²) in [6.07, 6.45) is 8.78. The minimum atomic E-state index is -0.546. The molecule has 0 heterocycles. The maximum absolute atomic E-state index is 12.1. The van der Waals surface area contributed by atoms with Gasteiger partial charge in [-0.1, -0.05) is 52.3 Å². The summed E-state index contributed by atoms with van der Waals surface area (Å²) in [5, 5.41) is 21.6. The van der Waals surface area contributed by atoms with Gasteiger partial charge in [-0.05, 0) is 86.0 Å². The van der Waals surface area contributed by atoms with Crippen LogP contribution in [0.2, 0.25) is 0 Å². The largest absolute Gasteiger partial charge is 0.458 e. The van der Waals surface area contributed by atoms with Gasteiger partial charge in [0, 0.05) is 24.7 Å². The van der Waals surface area contributed by atoms with Gasteiger partial charge in [-0.15, -0.1) is 0 Å². The standard InChI is InChI=1S/C30H48O4/c1-17(2)18(3)8-9-19(4)23-10-11-24-28-25(12-13-29(23,24)6)30(7)21(14-22(32)16-27(30)33)15-26(28)34-20(5)31/h15,17,19,22-28,32-33H,3,8-14,16H2,1-2,4-7H3/t19-,22-,23-,24+,25+,26+,27+,28+,29-,30+/m1/s1. The summed E-state index contributed by atoms with van der Waals surface area (Å²) in [5.74, 6) is 2.65. The fraction of sp³-hybridized carbons (Fsp3) is 0.833. The lowest BCUT2D eigenvalue weighted by Crippen LogP contribution is -2.59. The first-order valence-corrected chi connectivity index (χ1v) is 13.8. The summed E-state index contributed by atoms with van der Waals surface area (Å²) >= 11 is 0. The Hall–Kier alpha value is -1.13. The van der Waals surface area contributed by atoms with E-state index in [0.29, 0.717) is 36.5 Å². The van der Waals surface area contributed by atoms with E-state index in [1.54, 1.807) is 0 Å². The van der Waals surface area contributed by atoms with Crippen LogP contribution in [0, 0.1) is 46.3 Å². The van der Waals surface area contributed by atoms with E-state index in [4.69, 9.17) is 4.74 Å². The fourth-order valence-electron chi connectivity index (χ4n) is 8.85. The van der Waals surface area contributed by atoms with E-state index in [1.165, 1.54) is 38.2 Å². The predicted molar refractivity (Wildman–Crippen MR) is 136 cm³/mol. The third-order valence-electron chi connectivity index (χ3n) is 11.0.